The molecule has 122 valence electrons. The maximum atomic E-state index is 13.4. The highest BCUT2D eigenvalue weighted by Crippen LogP contribution is 2.29. The van der Waals surface area contributed by atoms with Crippen molar-refractivity contribution in [2.45, 2.75) is 26.7 Å². The number of hydrogen-bond donors (Lipinski definition) is 2. The van der Waals surface area contributed by atoms with E-state index in [4.69, 9.17) is 4.74 Å². The van der Waals surface area contributed by atoms with Gasteiger partial charge in [0.1, 0.15) is 23.1 Å². The van der Waals surface area contributed by atoms with Crippen LogP contribution in [0.2, 0.25) is 0 Å². The lowest BCUT2D eigenvalue weighted by atomic mass is 10.0. The van der Waals surface area contributed by atoms with Crippen molar-refractivity contribution in [3.63, 3.8) is 0 Å². The zero-order valence-corrected chi connectivity index (χ0v) is 13.1. The van der Waals surface area contributed by atoms with Crippen molar-refractivity contribution < 1.29 is 24.1 Å². The van der Waals surface area contributed by atoms with E-state index in [0.717, 1.165) is 12.5 Å². The molecule has 0 fully saturated rings. The van der Waals surface area contributed by atoms with Crippen molar-refractivity contribution in [3.8, 4) is 17.2 Å². The number of carbonyl (C=O) groups excluding carboxylic acids is 1. The number of aromatic hydroxyl groups is 2. The Morgan fingerprint density at radius 2 is 1.91 bits per heavy atom. The van der Waals surface area contributed by atoms with E-state index in [1.165, 1.54) is 12.1 Å². The average Bonchev–Trinajstić information content (AvgIpc) is 2.51. The molecule has 0 atom stereocenters. The van der Waals surface area contributed by atoms with Crippen LogP contribution in [-0.2, 0) is 6.42 Å². The minimum absolute atomic E-state index is 0.0394. The summed E-state index contributed by atoms with van der Waals surface area (Å²) < 4.78 is 18.7. The lowest BCUT2D eigenvalue weighted by molar-refractivity contribution is 0.0918. The number of ether oxygens (including phenoxy) is 1. The first-order valence-electron chi connectivity index (χ1n) is 7.39. The fourth-order valence-electron chi connectivity index (χ4n) is 2.20. The van der Waals surface area contributed by atoms with Crippen LogP contribution in [-0.4, -0.2) is 22.6 Å². The third kappa shape index (κ3) is 4.00. The van der Waals surface area contributed by atoms with Gasteiger partial charge in [-0.3, -0.25) is 4.79 Å². The largest absolute Gasteiger partial charge is 0.508 e. The van der Waals surface area contributed by atoms with E-state index >= 15 is 0 Å². The van der Waals surface area contributed by atoms with E-state index in [0.29, 0.717) is 17.5 Å². The van der Waals surface area contributed by atoms with Crippen molar-refractivity contribution >= 4 is 5.78 Å². The molecule has 0 heterocycles. The van der Waals surface area contributed by atoms with E-state index in [-0.39, 0.29) is 29.4 Å². The van der Waals surface area contributed by atoms with Crippen molar-refractivity contribution in [1.29, 1.82) is 0 Å². The van der Waals surface area contributed by atoms with Crippen LogP contribution in [0.5, 0.6) is 17.2 Å². The van der Waals surface area contributed by atoms with Gasteiger partial charge in [0.25, 0.3) is 0 Å². The Hall–Kier alpha value is -2.56. The predicted octanol–water partition coefficient (Wildman–Crippen LogP) is 3.76. The lowest BCUT2D eigenvalue weighted by Crippen LogP contribution is -2.12. The molecular formula is C18H19FO4. The van der Waals surface area contributed by atoms with Crippen LogP contribution < -0.4 is 4.74 Å². The van der Waals surface area contributed by atoms with Crippen molar-refractivity contribution in [2.75, 3.05) is 6.61 Å². The predicted molar refractivity (Wildman–Crippen MR) is 84.7 cm³/mol. The van der Waals surface area contributed by atoms with E-state index in [2.05, 4.69) is 0 Å². The van der Waals surface area contributed by atoms with Crippen LogP contribution in [0.3, 0.4) is 0 Å². The second-order valence-corrected chi connectivity index (χ2v) is 5.37. The summed E-state index contributed by atoms with van der Waals surface area (Å²) >= 11 is 0. The molecule has 0 amide bonds. The first-order valence-corrected chi connectivity index (χ1v) is 7.39. The van der Waals surface area contributed by atoms with Gasteiger partial charge in [0.2, 0.25) is 5.78 Å². The zero-order valence-electron chi connectivity index (χ0n) is 13.1. The number of rotatable bonds is 6. The summed E-state index contributed by atoms with van der Waals surface area (Å²) in [7, 11) is 0. The van der Waals surface area contributed by atoms with Crippen LogP contribution in [0, 0.1) is 12.7 Å². The molecule has 0 aliphatic carbocycles. The molecule has 0 aromatic heterocycles. The summed E-state index contributed by atoms with van der Waals surface area (Å²) in [6.07, 6.45) is 1.39. The van der Waals surface area contributed by atoms with Crippen molar-refractivity contribution in [1.82, 2.24) is 0 Å². The molecule has 0 spiro atoms. The number of phenols is 2. The van der Waals surface area contributed by atoms with Gasteiger partial charge in [-0.05, 0) is 36.6 Å². The van der Waals surface area contributed by atoms with Gasteiger partial charge < -0.3 is 14.9 Å². The third-order valence-corrected chi connectivity index (χ3v) is 3.53. The van der Waals surface area contributed by atoms with Gasteiger partial charge >= 0.3 is 0 Å². The number of phenolic OH excluding ortho intramolecular Hbond substituents is 2. The molecule has 5 heteroatoms. The fraction of sp³-hybridized carbons (Fsp3) is 0.278. The summed E-state index contributed by atoms with van der Waals surface area (Å²) in [5, 5.41) is 19.6. The zero-order chi connectivity index (χ0) is 17.0. The number of halogens is 1. The van der Waals surface area contributed by atoms with Crippen LogP contribution in [0.15, 0.2) is 30.3 Å². The van der Waals surface area contributed by atoms with E-state index < -0.39 is 11.6 Å². The SMILES string of the molecule is CCCc1cc(C(=O)COc2ccc(C)c(F)c2)c(O)cc1O. The number of hydrogen-bond acceptors (Lipinski definition) is 4. The number of Topliss-reactive ketones (excluding diaryl/α,β-unsaturated/α-hetero) is 1. The minimum Gasteiger partial charge on any atom is -0.508 e. The van der Waals surface area contributed by atoms with Gasteiger partial charge in [-0.1, -0.05) is 19.4 Å². The maximum Gasteiger partial charge on any atom is 0.203 e. The minimum atomic E-state index is -0.444. The van der Waals surface area contributed by atoms with Gasteiger partial charge in [0.15, 0.2) is 6.61 Å². The lowest BCUT2D eigenvalue weighted by Gasteiger charge is -2.10. The third-order valence-electron chi connectivity index (χ3n) is 3.53. The number of aryl methyl sites for hydroxylation is 2. The van der Waals surface area contributed by atoms with Gasteiger partial charge in [0.05, 0.1) is 5.56 Å². The monoisotopic (exact) mass is 318 g/mol. The fourth-order valence-corrected chi connectivity index (χ4v) is 2.20. The Labute approximate surface area is 134 Å². The highest BCUT2D eigenvalue weighted by atomic mass is 19.1. The number of carbonyl (C=O) groups is 1. The molecule has 0 bridgehead atoms. The Kier molecular flexibility index (Phi) is 5.21. The molecule has 2 aromatic carbocycles. The molecule has 0 aliphatic rings. The van der Waals surface area contributed by atoms with E-state index in [9.17, 15) is 19.4 Å². The molecule has 4 nitrogen and oxygen atoms in total. The second-order valence-electron chi connectivity index (χ2n) is 5.37. The molecule has 23 heavy (non-hydrogen) atoms. The van der Waals surface area contributed by atoms with Gasteiger partial charge in [-0.2, -0.15) is 0 Å². The summed E-state index contributed by atoms with van der Waals surface area (Å²) in [5.74, 6) is -0.949. The quantitative estimate of drug-likeness (QED) is 0.796. The van der Waals surface area contributed by atoms with E-state index in [1.807, 2.05) is 6.92 Å². The second kappa shape index (κ2) is 7.13. The van der Waals surface area contributed by atoms with Crippen LogP contribution in [0.1, 0.15) is 34.8 Å². The standard InChI is InChI=1S/C18H19FO4/c1-3-4-12-7-14(17(21)9-16(12)20)18(22)10-23-13-6-5-11(2)15(19)8-13/h5-9,20-21H,3-4,10H2,1-2H3. The van der Waals surface area contributed by atoms with Gasteiger partial charge in [-0.15, -0.1) is 0 Å². The average molecular weight is 318 g/mol. The highest BCUT2D eigenvalue weighted by molar-refractivity contribution is 6.00. The van der Waals surface area contributed by atoms with Crippen LogP contribution in [0.25, 0.3) is 0 Å². The molecular weight excluding hydrogens is 299 g/mol. The van der Waals surface area contributed by atoms with Crippen molar-refractivity contribution in [3.05, 3.63) is 52.8 Å². The number of benzene rings is 2. The molecule has 2 N–H and O–H groups in total. The molecule has 0 unspecified atom stereocenters. The molecule has 0 saturated carbocycles. The highest BCUT2D eigenvalue weighted by Gasteiger charge is 2.16. The normalized spacial score (nSPS) is 10.6. The van der Waals surface area contributed by atoms with Gasteiger partial charge in [-0.25, -0.2) is 4.39 Å². The first-order chi connectivity index (χ1) is 10.9. The Bertz CT molecular complexity index is 725. The molecule has 0 aliphatic heterocycles. The Balaban J connectivity index is 2.13. The van der Waals surface area contributed by atoms with Crippen LogP contribution in [0.4, 0.5) is 4.39 Å². The smallest absolute Gasteiger partial charge is 0.203 e. The molecule has 0 saturated heterocycles. The maximum absolute atomic E-state index is 13.4. The number of ketones is 1. The Morgan fingerprint density at radius 1 is 1.17 bits per heavy atom. The van der Waals surface area contributed by atoms with E-state index in [1.54, 1.807) is 19.1 Å². The summed E-state index contributed by atoms with van der Waals surface area (Å²) in [4.78, 5) is 12.2. The topological polar surface area (TPSA) is 66.8 Å². The van der Waals surface area contributed by atoms with Gasteiger partial charge in [0, 0.05) is 12.1 Å². The first kappa shape index (κ1) is 16.8. The van der Waals surface area contributed by atoms with Crippen molar-refractivity contribution in [2.24, 2.45) is 0 Å². The summed E-state index contributed by atoms with van der Waals surface area (Å²) in [5.41, 5.74) is 1.16. The summed E-state index contributed by atoms with van der Waals surface area (Å²) in [6, 6.07) is 6.97. The molecule has 2 rings (SSSR count). The molecule has 0 radical (unpaired) electrons. The Morgan fingerprint density at radius 3 is 2.57 bits per heavy atom. The van der Waals surface area contributed by atoms with Crippen LogP contribution >= 0.6 is 0 Å². The molecule has 2 aromatic rings. The summed E-state index contributed by atoms with van der Waals surface area (Å²) in [6.45, 7) is 3.25.